The van der Waals surface area contributed by atoms with Crippen LogP contribution < -0.4 is 0 Å². The SMILES string of the molecule is CC(c1cccc(O)c1)N(C)C1(CC(=O)O)CCCCC1. The van der Waals surface area contributed by atoms with Gasteiger partial charge in [-0.3, -0.25) is 9.69 Å². The molecule has 1 unspecified atom stereocenters. The topological polar surface area (TPSA) is 60.8 Å². The van der Waals surface area contributed by atoms with Crippen molar-refractivity contribution in [1.29, 1.82) is 0 Å². The number of aromatic hydroxyl groups is 1. The van der Waals surface area contributed by atoms with Crippen molar-refractivity contribution in [2.75, 3.05) is 7.05 Å². The van der Waals surface area contributed by atoms with Gasteiger partial charge in [0.1, 0.15) is 5.75 Å². The zero-order chi connectivity index (χ0) is 15.5. The summed E-state index contributed by atoms with van der Waals surface area (Å²) in [6.07, 6.45) is 5.41. The Kier molecular flexibility index (Phi) is 4.88. The normalized spacial score (nSPS) is 19.4. The van der Waals surface area contributed by atoms with E-state index in [-0.39, 0.29) is 23.8 Å². The van der Waals surface area contributed by atoms with Gasteiger partial charge in [-0.2, -0.15) is 0 Å². The largest absolute Gasteiger partial charge is 0.508 e. The number of hydrogen-bond donors (Lipinski definition) is 2. The second-order valence-electron chi connectivity index (χ2n) is 6.24. The molecule has 1 aliphatic rings. The van der Waals surface area contributed by atoms with Crippen LogP contribution in [0.25, 0.3) is 0 Å². The van der Waals surface area contributed by atoms with Crippen LogP contribution in [0.15, 0.2) is 24.3 Å². The molecule has 0 heterocycles. The van der Waals surface area contributed by atoms with Crippen LogP contribution in [-0.4, -0.2) is 33.7 Å². The molecule has 0 radical (unpaired) electrons. The van der Waals surface area contributed by atoms with E-state index in [1.807, 2.05) is 19.2 Å². The van der Waals surface area contributed by atoms with Gasteiger partial charge in [-0.25, -0.2) is 0 Å². The number of rotatable bonds is 5. The van der Waals surface area contributed by atoms with E-state index in [0.717, 1.165) is 31.2 Å². The van der Waals surface area contributed by atoms with Gasteiger partial charge < -0.3 is 10.2 Å². The van der Waals surface area contributed by atoms with Crippen molar-refractivity contribution in [3.8, 4) is 5.75 Å². The predicted molar refractivity (Wildman–Crippen MR) is 82.4 cm³/mol. The molecule has 0 aromatic heterocycles. The summed E-state index contributed by atoms with van der Waals surface area (Å²) in [5.41, 5.74) is 0.752. The molecule has 1 atom stereocenters. The third-order valence-corrected chi connectivity index (χ3v) is 4.95. The summed E-state index contributed by atoms with van der Waals surface area (Å²) in [6.45, 7) is 2.08. The zero-order valence-corrected chi connectivity index (χ0v) is 12.9. The van der Waals surface area contributed by atoms with Gasteiger partial charge in [0.15, 0.2) is 0 Å². The lowest BCUT2D eigenvalue weighted by Gasteiger charge is -2.47. The van der Waals surface area contributed by atoms with E-state index in [2.05, 4.69) is 11.8 Å². The van der Waals surface area contributed by atoms with E-state index < -0.39 is 5.97 Å². The van der Waals surface area contributed by atoms with Crippen LogP contribution in [-0.2, 0) is 4.79 Å². The van der Waals surface area contributed by atoms with Gasteiger partial charge in [0.2, 0.25) is 0 Å². The molecule has 1 aliphatic carbocycles. The molecule has 0 aliphatic heterocycles. The van der Waals surface area contributed by atoms with Crippen LogP contribution in [0.5, 0.6) is 5.75 Å². The molecule has 1 saturated carbocycles. The Balaban J connectivity index is 2.24. The Bertz CT molecular complexity index is 495. The minimum Gasteiger partial charge on any atom is -0.508 e. The number of benzene rings is 1. The van der Waals surface area contributed by atoms with Crippen molar-refractivity contribution in [1.82, 2.24) is 4.90 Å². The van der Waals surface area contributed by atoms with Gasteiger partial charge in [0.05, 0.1) is 6.42 Å². The number of carboxylic acids is 1. The number of carboxylic acid groups (broad SMARTS) is 1. The molecule has 4 nitrogen and oxygen atoms in total. The van der Waals surface area contributed by atoms with E-state index >= 15 is 0 Å². The van der Waals surface area contributed by atoms with Crippen molar-refractivity contribution in [2.24, 2.45) is 0 Å². The first-order valence-corrected chi connectivity index (χ1v) is 7.68. The minimum absolute atomic E-state index is 0.0783. The van der Waals surface area contributed by atoms with Gasteiger partial charge in [-0.15, -0.1) is 0 Å². The summed E-state index contributed by atoms with van der Waals surface area (Å²) >= 11 is 0. The van der Waals surface area contributed by atoms with E-state index in [9.17, 15) is 15.0 Å². The number of hydrogen-bond acceptors (Lipinski definition) is 3. The first-order valence-electron chi connectivity index (χ1n) is 7.68. The second-order valence-corrected chi connectivity index (χ2v) is 6.24. The van der Waals surface area contributed by atoms with Crippen molar-refractivity contribution >= 4 is 5.97 Å². The average Bonchev–Trinajstić information content (AvgIpc) is 2.46. The summed E-state index contributed by atoms with van der Waals surface area (Å²) in [7, 11) is 2.02. The van der Waals surface area contributed by atoms with Crippen molar-refractivity contribution < 1.29 is 15.0 Å². The average molecular weight is 291 g/mol. The maximum absolute atomic E-state index is 11.3. The molecule has 2 N–H and O–H groups in total. The Morgan fingerprint density at radius 2 is 2.00 bits per heavy atom. The Morgan fingerprint density at radius 3 is 2.57 bits per heavy atom. The lowest BCUT2D eigenvalue weighted by atomic mass is 9.77. The molecular formula is C17H25NO3. The maximum Gasteiger partial charge on any atom is 0.305 e. The highest BCUT2D eigenvalue weighted by Crippen LogP contribution is 2.40. The van der Waals surface area contributed by atoms with Crippen molar-refractivity contribution in [2.45, 2.75) is 57.0 Å². The molecular weight excluding hydrogens is 266 g/mol. The Morgan fingerprint density at radius 1 is 1.33 bits per heavy atom. The summed E-state index contributed by atoms with van der Waals surface area (Å²) in [6, 6.07) is 7.31. The fourth-order valence-electron chi connectivity index (χ4n) is 3.56. The molecule has 0 bridgehead atoms. The van der Waals surface area contributed by atoms with Crippen LogP contribution >= 0.6 is 0 Å². The highest BCUT2D eigenvalue weighted by molar-refractivity contribution is 5.68. The first-order chi connectivity index (χ1) is 9.94. The smallest absolute Gasteiger partial charge is 0.305 e. The minimum atomic E-state index is -0.730. The van der Waals surface area contributed by atoms with E-state index in [1.54, 1.807) is 12.1 Å². The summed E-state index contributed by atoms with van der Waals surface area (Å²) in [4.78, 5) is 13.5. The molecule has 1 aromatic rings. The van der Waals surface area contributed by atoms with E-state index in [0.29, 0.717) is 0 Å². The summed E-state index contributed by atoms with van der Waals surface area (Å²) < 4.78 is 0. The maximum atomic E-state index is 11.3. The van der Waals surface area contributed by atoms with Crippen LogP contribution in [0.4, 0.5) is 0 Å². The molecule has 2 rings (SSSR count). The number of carbonyl (C=O) groups is 1. The Labute approximate surface area is 126 Å². The summed E-state index contributed by atoms with van der Waals surface area (Å²) in [5.74, 6) is -0.476. The van der Waals surface area contributed by atoms with Gasteiger partial charge in [-0.1, -0.05) is 31.4 Å². The quantitative estimate of drug-likeness (QED) is 0.870. The molecule has 4 heteroatoms. The number of aliphatic carboxylic acids is 1. The highest BCUT2D eigenvalue weighted by atomic mass is 16.4. The summed E-state index contributed by atoms with van der Waals surface area (Å²) in [5, 5.41) is 19.0. The van der Waals surface area contributed by atoms with Gasteiger partial charge in [0, 0.05) is 11.6 Å². The van der Waals surface area contributed by atoms with Crippen LogP contribution in [0.2, 0.25) is 0 Å². The standard InChI is InChI=1S/C17H25NO3/c1-13(14-7-6-8-15(19)11-14)18(2)17(12-16(20)21)9-4-3-5-10-17/h6-8,11,13,19H,3-5,9-10,12H2,1-2H3,(H,20,21). The van der Waals surface area contributed by atoms with Crippen molar-refractivity contribution in [3.63, 3.8) is 0 Å². The van der Waals surface area contributed by atoms with Gasteiger partial charge >= 0.3 is 5.97 Å². The molecule has 0 amide bonds. The van der Waals surface area contributed by atoms with E-state index in [4.69, 9.17) is 0 Å². The molecule has 0 spiro atoms. The monoisotopic (exact) mass is 291 g/mol. The highest BCUT2D eigenvalue weighted by Gasteiger charge is 2.40. The number of phenolic OH excluding ortho intramolecular Hbond substituents is 1. The molecule has 1 fully saturated rings. The fraction of sp³-hybridized carbons (Fsp3) is 0.588. The van der Waals surface area contributed by atoms with Gasteiger partial charge in [-0.05, 0) is 44.5 Å². The Hall–Kier alpha value is -1.55. The molecule has 0 saturated heterocycles. The molecule has 21 heavy (non-hydrogen) atoms. The third-order valence-electron chi connectivity index (χ3n) is 4.95. The van der Waals surface area contributed by atoms with Crippen LogP contribution in [0, 0.1) is 0 Å². The van der Waals surface area contributed by atoms with E-state index in [1.165, 1.54) is 6.42 Å². The molecule has 1 aromatic carbocycles. The lowest BCUT2D eigenvalue weighted by Crippen LogP contribution is -2.50. The fourth-order valence-corrected chi connectivity index (χ4v) is 3.56. The number of phenols is 1. The first kappa shape index (κ1) is 15.8. The van der Waals surface area contributed by atoms with Gasteiger partial charge in [0.25, 0.3) is 0 Å². The second kappa shape index (κ2) is 6.48. The predicted octanol–water partition coefficient (Wildman–Crippen LogP) is 3.56. The zero-order valence-electron chi connectivity index (χ0n) is 12.9. The molecule has 116 valence electrons. The van der Waals surface area contributed by atoms with Crippen molar-refractivity contribution in [3.05, 3.63) is 29.8 Å². The van der Waals surface area contributed by atoms with Crippen LogP contribution in [0.3, 0.4) is 0 Å². The lowest BCUT2D eigenvalue weighted by molar-refractivity contribution is -0.141. The van der Waals surface area contributed by atoms with Crippen LogP contribution in [0.1, 0.15) is 57.1 Å². The third kappa shape index (κ3) is 3.56. The number of nitrogens with zero attached hydrogens (tertiary/aromatic N) is 1.